The van der Waals surface area contributed by atoms with Crippen molar-refractivity contribution >= 4 is 29.4 Å². The average molecular weight is 203 g/mol. The molecule has 1 rings (SSSR count). The van der Waals surface area contributed by atoms with Crippen LogP contribution in [0.25, 0.3) is 0 Å². The highest BCUT2D eigenvalue weighted by Crippen LogP contribution is 2.12. The second-order valence-electron chi connectivity index (χ2n) is 2.56. The predicted molar refractivity (Wildman–Crippen MR) is 44.9 cm³/mol. The van der Waals surface area contributed by atoms with Gasteiger partial charge in [0.2, 0.25) is 0 Å². The minimum absolute atomic E-state index is 0.129. The molecule has 1 aliphatic rings. The Bertz CT molecular complexity index is 313. The van der Waals surface area contributed by atoms with Gasteiger partial charge in [-0.1, -0.05) is 18.2 Å². The molecule has 4 amide bonds. The van der Waals surface area contributed by atoms with Gasteiger partial charge in [0.15, 0.2) is 0 Å². The van der Waals surface area contributed by atoms with Crippen LogP contribution in [0.3, 0.4) is 0 Å². The third kappa shape index (κ3) is 1.55. The Balaban J connectivity index is 2.88. The van der Waals surface area contributed by atoms with E-state index < -0.39 is 17.8 Å². The number of urea groups is 1. The van der Waals surface area contributed by atoms with Crippen LogP contribution in [-0.4, -0.2) is 41.2 Å². The molecule has 0 bridgehead atoms. The van der Waals surface area contributed by atoms with E-state index in [2.05, 4.69) is 6.58 Å². The van der Waals surface area contributed by atoms with Gasteiger partial charge in [-0.3, -0.25) is 19.4 Å². The zero-order chi connectivity index (χ0) is 10.2. The van der Waals surface area contributed by atoms with Crippen molar-refractivity contribution in [3.8, 4) is 0 Å². The normalized spacial score (nSPS) is 17.2. The van der Waals surface area contributed by atoms with Crippen LogP contribution < -0.4 is 0 Å². The highest BCUT2D eigenvalue weighted by molar-refractivity contribution is 6.44. The van der Waals surface area contributed by atoms with Crippen molar-refractivity contribution in [2.75, 3.05) is 13.6 Å². The van der Waals surface area contributed by atoms with E-state index in [1.165, 1.54) is 7.05 Å². The number of halogens is 1. The monoisotopic (exact) mass is 202 g/mol. The number of nitrogens with zero attached hydrogens (tertiary/aromatic N) is 2. The average Bonchev–Trinajstić information content (AvgIpc) is 2.22. The fourth-order valence-electron chi connectivity index (χ4n) is 0.925. The van der Waals surface area contributed by atoms with Gasteiger partial charge in [0.05, 0.1) is 6.54 Å². The van der Waals surface area contributed by atoms with Gasteiger partial charge in [-0.2, -0.15) is 0 Å². The molecule has 0 unspecified atom stereocenters. The highest BCUT2D eigenvalue weighted by atomic mass is 35.5. The van der Waals surface area contributed by atoms with E-state index in [-0.39, 0.29) is 11.6 Å². The van der Waals surface area contributed by atoms with Crippen LogP contribution in [0.4, 0.5) is 4.79 Å². The van der Waals surface area contributed by atoms with Gasteiger partial charge in [-0.25, -0.2) is 4.79 Å². The number of hydrogen-bond donors (Lipinski definition) is 0. The van der Waals surface area contributed by atoms with Gasteiger partial charge >= 0.3 is 17.8 Å². The molecule has 1 aliphatic heterocycles. The maximum atomic E-state index is 11.2. The van der Waals surface area contributed by atoms with Gasteiger partial charge in [0.1, 0.15) is 0 Å². The summed E-state index contributed by atoms with van der Waals surface area (Å²) in [6, 6.07) is -0.670. The molecule has 0 N–H and O–H groups in total. The smallest absolute Gasteiger partial charge is 0.263 e. The van der Waals surface area contributed by atoms with E-state index in [1.807, 2.05) is 0 Å². The van der Waals surface area contributed by atoms with Gasteiger partial charge in [0.25, 0.3) is 0 Å². The van der Waals surface area contributed by atoms with E-state index >= 15 is 0 Å². The molecule has 0 spiro atoms. The molecule has 1 heterocycles. The van der Waals surface area contributed by atoms with Crippen molar-refractivity contribution in [3.63, 3.8) is 0 Å². The Kier molecular flexibility index (Phi) is 2.38. The number of amides is 4. The number of hydrogen-bond acceptors (Lipinski definition) is 3. The first kappa shape index (κ1) is 9.73. The van der Waals surface area contributed by atoms with Crippen LogP contribution in [0.1, 0.15) is 0 Å². The van der Waals surface area contributed by atoms with Gasteiger partial charge in [-0.05, 0) is 0 Å². The van der Waals surface area contributed by atoms with Crippen molar-refractivity contribution in [1.82, 2.24) is 9.80 Å². The summed E-state index contributed by atoms with van der Waals surface area (Å²) in [5.41, 5.74) is 0. The summed E-state index contributed by atoms with van der Waals surface area (Å²) in [6.07, 6.45) is 0. The lowest BCUT2D eigenvalue weighted by atomic mass is 10.5. The summed E-state index contributed by atoms with van der Waals surface area (Å²) in [6.45, 7) is 3.20. The zero-order valence-electron chi connectivity index (χ0n) is 6.91. The highest BCUT2D eigenvalue weighted by Gasteiger charge is 2.41. The molecule has 0 saturated carbocycles. The number of carbonyl (C=O) groups is 3. The Morgan fingerprint density at radius 2 is 1.92 bits per heavy atom. The van der Waals surface area contributed by atoms with Crippen LogP contribution in [-0.2, 0) is 9.59 Å². The number of carbonyl (C=O) groups excluding carboxylic acids is 3. The molecule has 0 radical (unpaired) electrons. The molecule has 0 aromatic carbocycles. The zero-order valence-corrected chi connectivity index (χ0v) is 7.67. The lowest BCUT2D eigenvalue weighted by molar-refractivity contribution is -0.142. The van der Waals surface area contributed by atoms with E-state index in [0.29, 0.717) is 0 Å². The van der Waals surface area contributed by atoms with Gasteiger partial charge < -0.3 is 0 Å². The van der Waals surface area contributed by atoms with E-state index in [9.17, 15) is 14.4 Å². The third-order valence-electron chi connectivity index (χ3n) is 1.58. The van der Waals surface area contributed by atoms with Crippen LogP contribution in [0.15, 0.2) is 11.6 Å². The fraction of sp³-hybridized carbons (Fsp3) is 0.286. The second kappa shape index (κ2) is 3.18. The molecule has 0 aromatic heterocycles. The molecule has 0 atom stereocenters. The first-order chi connectivity index (χ1) is 5.95. The molecule has 5 nitrogen and oxygen atoms in total. The van der Waals surface area contributed by atoms with Crippen molar-refractivity contribution in [3.05, 3.63) is 11.6 Å². The van der Waals surface area contributed by atoms with E-state index in [4.69, 9.17) is 11.6 Å². The molecular formula is C7H7ClN2O3. The first-order valence-electron chi connectivity index (χ1n) is 3.42. The Hall–Kier alpha value is -1.36. The van der Waals surface area contributed by atoms with Crippen LogP contribution in [0, 0.1) is 0 Å². The van der Waals surface area contributed by atoms with Gasteiger partial charge in [0, 0.05) is 12.1 Å². The SMILES string of the molecule is C=C(Cl)CN1C(=O)C(=O)N(C)C1=O. The summed E-state index contributed by atoms with van der Waals surface area (Å²) < 4.78 is 0. The number of rotatable bonds is 2. The lowest BCUT2D eigenvalue weighted by Crippen LogP contribution is -2.32. The largest absolute Gasteiger partial charge is 0.334 e. The van der Waals surface area contributed by atoms with Crippen molar-refractivity contribution in [1.29, 1.82) is 0 Å². The quantitative estimate of drug-likeness (QED) is 0.474. The standard InChI is InChI=1S/C7H7ClN2O3/c1-4(8)3-10-6(12)5(11)9(2)7(10)13/h1,3H2,2H3. The maximum absolute atomic E-state index is 11.2. The van der Waals surface area contributed by atoms with Crippen molar-refractivity contribution in [2.24, 2.45) is 0 Å². The molecule has 70 valence electrons. The number of likely N-dealkylation sites (N-methyl/N-ethyl adjacent to an activating group) is 1. The summed E-state index contributed by atoms with van der Waals surface area (Å²) in [4.78, 5) is 34.7. The van der Waals surface area contributed by atoms with Crippen LogP contribution >= 0.6 is 11.6 Å². The van der Waals surface area contributed by atoms with Crippen LogP contribution in [0.2, 0.25) is 0 Å². The molecule has 13 heavy (non-hydrogen) atoms. The Morgan fingerprint density at radius 1 is 1.38 bits per heavy atom. The molecule has 0 aliphatic carbocycles. The molecule has 1 fully saturated rings. The van der Waals surface area contributed by atoms with E-state index in [0.717, 1.165) is 9.80 Å². The summed E-state index contributed by atoms with van der Waals surface area (Å²) in [5, 5.41) is 0.129. The molecule has 0 aromatic rings. The van der Waals surface area contributed by atoms with Crippen LogP contribution in [0.5, 0.6) is 0 Å². The Labute approximate surface area is 79.5 Å². The first-order valence-corrected chi connectivity index (χ1v) is 3.79. The second-order valence-corrected chi connectivity index (χ2v) is 3.09. The topological polar surface area (TPSA) is 57.7 Å². The summed E-state index contributed by atoms with van der Waals surface area (Å²) in [7, 11) is 1.24. The molecule has 1 saturated heterocycles. The molecular weight excluding hydrogens is 196 g/mol. The number of imide groups is 2. The minimum atomic E-state index is -0.866. The fourth-order valence-corrected chi connectivity index (χ4v) is 1.04. The van der Waals surface area contributed by atoms with Gasteiger partial charge in [-0.15, -0.1) is 0 Å². The maximum Gasteiger partial charge on any atom is 0.334 e. The predicted octanol–water partition coefficient (Wildman–Crippen LogP) is 0.159. The lowest BCUT2D eigenvalue weighted by Gasteiger charge is -2.10. The minimum Gasteiger partial charge on any atom is -0.263 e. The Morgan fingerprint density at radius 3 is 2.23 bits per heavy atom. The van der Waals surface area contributed by atoms with Crippen molar-refractivity contribution in [2.45, 2.75) is 0 Å². The third-order valence-corrected chi connectivity index (χ3v) is 1.70. The van der Waals surface area contributed by atoms with E-state index in [1.54, 1.807) is 0 Å². The van der Waals surface area contributed by atoms with Crippen molar-refractivity contribution < 1.29 is 14.4 Å². The summed E-state index contributed by atoms with van der Waals surface area (Å²) in [5.74, 6) is -1.71. The molecule has 6 heteroatoms. The summed E-state index contributed by atoms with van der Waals surface area (Å²) >= 11 is 5.41.